The van der Waals surface area contributed by atoms with Crippen LogP contribution in [0.3, 0.4) is 0 Å². The Kier molecular flexibility index (Phi) is 3.22. The molecule has 0 aromatic heterocycles. The average Bonchev–Trinajstić information content (AvgIpc) is 2.29. The van der Waals surface area contributed by atoms with E-state index in [1.807, 2.05) is 42.5 Å². The second kappa shape index (κ2) is 4.63. The van der Waals surface area contributed by atoms with E-state index in [-0.39, 0.29) is 0 Å². The van der Waals surface area contributed by atoms with Crippen LogP contribution in [0.5, 0.6) is 0 Å². The summed E-state index contributed by atoms with van der Waals surface area (Å²) in [6.45, 7) is 0.417. The van der Waals surface area contributed by atoms with Crippen LogP contribution >= 0.6 is 0 Å². The van der Waals surface area contributed by atoms with Gasteiger partial charge < -0.3 is 0 Å². The maximum Gasteiger partial charge on any atom is 0.203 e. The van der Waals surface area contributed by atoms with Crippen molar-refractivity contribution in [3.8, 4) is 0 Å². The van der Waals surface area contributed by atoms with Crippen molar-refractivity contribution in [1.82, 2.24) is 4.31 Å². The highest BCUT2D eigenvalue weighted by Gasteiger charge is 2.04. The highest BCUT2D eigenvalue weighted by Crippen LogP contribution is 2.19. The van der Waals surface area contributed by atoms with Crippen molar-refractivity contribution in [2.24, 2.45) is 0 Å². The van der Waals surface area contributed by atoms with E-state index in [4.69, 9.17) is 0 Å². The summed E-state index contributed by atoms with van der Waals surface area (Å²) in [5, 5.41) is 2.24. The first-order valence-corrected chi connectivity index (χ1v) is 6.13. The van der Waals surface area contributed by atoms with Gasteiger partial charge in [-0.2, -0.15) is 0 Å². The number of hydrogen-bond acceptors (Lipinski definition) is 2. The van der Waals surface area contributed by atoms with Gasteiger partial charge in [0.1, 0.15) is 0 Å². The molecule has 2 aromatic rings. The van der Waals surface area contributed by atoms with Gasteiger partial charge in [-0.3, -0.25) is 0 Å². The third-order valence-corrected chi connectivity index (χ3v) is 3.26. The fourth-order valence-corrected chi connectivity index (χ4v) is 2.00. The van der Waals surface area contributed by atoms with Crippen LogP contribution in [-0.4, -0.2) is 19.8 Å². The molecule has 2 aromatic carbocycles. The van der Waals surface area contributed by atoms with Crippen LogP contribution < -0.4 is 0 Å². The summed E-state index contributed by atoms with van der Waals surface area (Å²) < 4.78 is 22.9. The summed E-state index contributed by atoms with van der Waals surface area (Å²) in [6.07, 6.45) is 0. The SMILES string of the molecule is CN(Cc1cccc2ccccc12)[SH](=O)=O. The van der Waals surface area contributed by atoms with Gasteiger partial charge in [-0.15, -0.1) is 0 Å². The van der Waals surface area contributed by atoms with Crippen LogP contribution in [0, 0.1) is 0 Å². The Labute approximate surface area is 96.4 Å². The molecule has 0 N–H and O–H groups in total. The van der Waals surface area contributed by atoms with E-state index in [0.717, 1.165) is 16.3 Å². The smallest absolute Gasteiger partial charge is 0.203 e. The maximum absolute atomic E-state index is 10.8. The Balaban J connectivity index is 2.44. The predicted molar refractivity (Wildman–Crippen MR) is 65.7 cm³/mol. The van der Waals surface area contributed by atoms with E-state index in [1.165, 1.54) is 4.31 Å². The van der Waals surface area contributed by atoms with Gasteiger partial charge in [-0.1, -0.05) is 42.5 Å². The summed E-state index contributed by atoms with van der Waals surface area (Å²) >= 11 is 0. The van der Waals surface area contributed by atoms with Crippen molar-refractivity contribution in [3.63, 3.8) is 0 Å². The normalized spacial score (nSPS) is 11.4. The number of hydrogen-bond donors (Lipinski definition) is 1. The van der Waals surface area contributed by atoms with Gasteiger partial charge in [0.15, 0.2) is 0 Å². The minimum atomic E-state index is -2.51. The zero-order valence-electron chi connectivity index (χ0n) is 8.96. The summed E-state index contributed by atoms with van der Waals surface area (Å²) in [4.78, 5) is 0. The van der Waals surface area contributed by atoms with Crippen LogP contribution in [0.1, 0.15) is 5.56 Å². The highest BCUT2D eigenvalue weighted by molar-refractivity contribution is 7.69. The minimum Gasteiger partial charge on any atom is -0.215 e. The maximum atomic E-state index is 10.8. The topological polar surface area (TPSA) is 37.4 Å². The number of nitrogens with zero attached hydrogens (tertiary/aromatic N) is 1. The highest BCUT2D eigenvalue weighted by atomic mass is 32.2. The predicted octanol–water partition coefficient (Wildman–Crippen LogP) is 1.80. The van der Waals surface area contributed by atoms with Crippen LogP contribution in [0.2, 0.25) is 0 Å². The summed E-state index contributed by atoms with van der Waals surface area (Å²) in [5.41, 5.74) is 1.03. The number of benzene rings is 2. The van der Waals surface area contributed by atoms with E-state index in [0.29, 0.717) is 6.54 Å². The lowest BCUT2D eigenvalue weighted by Gasteiger charge is -2.11. The van der Waals surface area contributed by atoms with E-state index in [9.17, 15) is 8.42 Å². The Morgan fingerprint density at radius 3 is 2.50 bits per heavy atom. The molecule has 0 aliphatic rings. The van der Waals surface area contributed by atoms with Crippen molar-refractivity contribution >= 4 is 21.7 Å². The Morgan fingerprint density at radius 1 is 1.06 bits per heavy atom. The monoisotopic (exact) mass is 235 g/mol. The van der Waals surface area contributed by atoms with E-state index >= 15 is 0 Å². The Hall–Kier alpha value is -1.39. The molecule has 3 nitrogen and oxygen atoms in total. The van der Waals surface area contributed by atoms with Crippen molar-refractivity contribution in [3.05, 3.63) is 48.0 Å². The van der Waals surface area contributed by atoms with Crippen LogP contribution in [0.15, 0.2) is 42.5 Å². The van der Waals surface area contributed by atoms with Crippen molar-refractivity contribution in [2.75, 3.05) is 7.05 Å². The zero-order chi connectivity index (χ0) is 11.5. The van der Waals surface area contributed by atoms with Crippen molar-refractivity contribution < 1.29 is 8.42 Å². The molecule has 0 aliphatic carbocycles. The largest absolute Gasteiger partial charge is 0.215 e. The fourth-order valence-electron chi connectivity index (χ4n) is 1.73. The van der Waals surface area contributed by atoms with Gasteiger partial charge in [0, 0.05) is 13.6 Å². The standard InChI is InChI=1S/C12H13NO2S/c1-13(16(14)15)9-11-7-4-6-10-5-2-3-8-12(10)11/h2-8,16H,9H2,1H3. The molecule has 0 spiro atoms. The molecular formula is C12H13NO2S. The van der Waals surface area contributed by atoms with Crippen LogP contribution in [0.25, 0.3) is 10.8 Å². The zero-order valence-corrected chi connectivity index (χ0v) is 9.85. The van der Waals surface area contributed by atoms with Gasteiger partial charge in [0.2, 0.25) is 10.9 Å². The quantitative estimate of drug-likeness (QED) is 0.824. The second-order valence-electron chi connectivity index (χ2n) is 3.69. The number of rotatable bonds is 3. The lowest BCUT2D eigenvalue weighted by molar-refractivity contribution is 0.488. The molecule has 0 saturated carbocycles. The minimum absolute atomic E-state index is 0.417. The van der Waals surface area contributed by atoms with Gasteiger partial charge in [0.25, 0.3) is 0 Å². The molecule has 16 heavy (non-hydrogen) atoms. The van der Waals surface area contributed by atoms with E-state index in [2.05, 4.69) is 0 Å². The lowest BCUT2D eigenvalue weighted by atomic mass is 10.0. The molecule has 0 amide bonds. The van der Waals surface area contributed by atoms with Gasteiger partial charge in [0.05, 0.1) is 0 Å². The molecule has 0 fully saturated rings. The first-order chi connectivity index (χ1) is 7.68. The van der Waals surface area contributed by atoms with Gasteiger partial charge in [-0.25, -0.2) is 12.7 Å². The van der Waals surface area contributed by atoms with Crippen molar-refractivity contribution in [2.45, 2.75) is 6.54 Å². The van der Waals surface area contributed by atoms with Crippen LogP contribution in [0.4, 0.5) is 0 Å². The Bertz CT molecular complexity index is 565. The number of fused-ring (bicyclic) bond motifs is 1. The molecule has 0 bridgehead atoms. The summed E-state index contributed by atoms with van der Waals surface area (Å²) in [6, 6.07) is 13.9. The molecule has 0 unspecified atom stereocenters. The lowest BCUT2D eigenvalue weighted by Crippen LogP contribution is -2.15. The molecule has 0 aliphatic heterocycles. The molecule has 84 valence electrons. The Morgan fingerprint density at radius 2 is 1.75 bits per heavy atom. The molecular weight excluding hydrogens is 222 g/mol. The third kappa shape index (κ3) is 2.23. The third-order valence-electron chi connectivity index (χ3n) is 2.56. The van der Waals surface area contributed by atoms with Gasteiger partial charge in [-0.05, 0) is 16.3 Å². The molecule has 4 heteroatoms. The molecule has 0 heterocycles. The molecule has 2 rings (SSSR count). The number of thiol groups is 1. The molecule has 0 atom stereocenters. The average molecular weight is 235 g/mol. The molecule has 0 radical (unpaired) electrons. The van der Waals surface area contributed by atoms with Crippen molar-refractivity contribution in [1.29, 1.82) is 0 Å². The van der Waals surface area contributed by atoms with Crippen LogP contribution in [-0.2, 0) is 17.4 Å². The van der Waals surface area contributed by atoms with E-state index in [1.54, 1.807) is 7.05 Å². The first kappa shape index (κ1) is 11.1. The summed E-state index contributed by atoms with van der Waals surface area (Å²) in [7, 11) is -0.931. The fraction of sp³-hybridized carbons (Fsp3) is 0.167. The molecule has 0 saturated heterocycles. The van der Waals surface area contributed by atoms with E-state index < -0.39 is 10.9 Å². The summed E-state index contributed by atoms with van der Waals surface area (Å²) in [5.74, 6) is 0. The second-order valence-corrected chi connectivity index (χ2v) is 4.85. The van der Waals surface area contributed by atoms with Gasteiger partial charge >= 0.3 is 0 Å². The first-order valence-electron chi connectivity index (χ1n) is 5.00.